The van der Waals surface area contributed by atoms with E-state index >= 15 is 0 Å². The van der Waals surface area contributed by atoms with Crippen molar-refractivity contribution >= 4 is 53.9 Å². The lowest BCUT2D eigenvalue weighted by molar-refractivity contribution is -0.133. The zero-order chi connectivity index (χ0) is 17.1. The molecule has 3 aromatic rings. The van der Waals surface area contributed by atoms with Crippen molar-refractivity contribution in [1.82, 2.24) is 4.98 Å². The number of aromatic nitrogens is 1. The van der Waals surface area contributed by atoms with E-state index in [1.807, 2.05) is 24.3 Å². The second kappa shape index (κ2) is 9.38. The van der Waals surface area contributed by atoms with Gasteiger partial charge in [-0.25, -0.2) is 4.98 Å². The van der Waals surface area contributed by atoms with Crippen LogP contribution in [0.3, 0.4) is 0 Å². The second-order valence-electron chi connectivity index (χ2n) is 5.08. The first kappa shape index (κ1) is 21.7. The van der Waals surface area contributed by atoms with E-state index in [1.165, 1.54) is 0 Å². The van der Waals surface area contributed by atoms with Crippen LogP contribution in [0.25, 0.3) is 22.6 Å². The average Bonchev–Trinajstić information content (AvgIpc) is 2.98. The third-order valence-corrected chi connectivity index (χ3v) is 4.10. The summed E-state index contributed by atoms with van der Waals surface area (Å²) in [5.74, 6) is -0.489. The first-order valence-corrected chi connectivity index (χ1v) is 8.09. The number of hydrogen-bond acceptors (Lipinski definition) is 6. The van der Waals surface area contributed by atoms with Gasteiger partial charge in [0, 0.05) is 22.5 Å². The molecule has 138 valence electrons. The number of carboxylic acids is 1. The molecule has 0 spiro atoms. The van der Waals surface area contributed by atoms with Gasteiger partial charge in [0.1, 0.15) is 11.4 Å². The van der Waals surface area contributed by atoms with Crippen molar-refractivity contribution in [2.24, 2.45) is 0 Å². The average molecular weight is 414 g/mol. The highest BCUT2D eigenvalue weighted by molar-refractivity contribution is 7.99. The van der Waals surface area contributed by atoms with Gasteiger partial charge in [-0.05, 0) is 36.4 Å². The molecule has 5 N–H and O–H groups in total. The fourth-order valence-corrected chi connectivity index (χ4v) is 2.70. The van der Waals surface area contributed by atoms with E-state index < -0.39 is 5.97 Å². The van der Waals surface area contributed by atoms with Crippen molar-refractivity contribution in [3.63, 3.8) is 0 Å². The van der Waals surface area contributed by atoms with Gasteiger partial charge in [-0.3, -0.25) is 4.79 Å². The summed E-state index contributed by atoms with van der Waals surface area (Å²) in [4.78, 5) is 15.2. The van der Waals surface area contributed by atoms with Crippen LogP contribution in [-0.4, -0.2) is 21.8 Å². The number of nitrogens with two attached hydrogens (primary N) is 2. The lowest BCUT2D eigenvalue weighted by Gasteiger charge is -2.02. The van der Waals surface area contributed by atoms with E-state index in [1.54, 1.807) is 24.3 Å². The molecule has 0 bridgehead atoms. The van der Waals surface area contributed by atoms with Gasteiger partial charge in [-0.2, -0.15) is 0 Å². The fraction of sp³-hybridized carbons (Fsp3) is 0.0588. The van der Waals surface area contributed by atoms with Crippen LogP contribution in [0.2, 0.25) is 0 Å². The Morgan fingerprint density at radius 3 is 1.96 bits per heavy atom. The number of thioether (sulfide) groups is 1. The molecule has 9 heteroatoms. The monoisotopic (exact) mass is 413 g/mol. The molecule has 3 rings (SSSR count). The Morgan fingerprint density at radius 2 is 1.46 bits per heavy atom. The molecule has 0 aliphatic carbocycles. The molecule has 0 atom stereocenters. The van der Waals surface area contributed by atoms with Crippen LogP contribution in [0.5, 0.6) is 0 Å². The predicted molar refractivity (Wildman–Crippen MR) is 109 cm³/mol. The number of nitrogen functional groups attached to an aromatic ring is 2. The van der Waals surface area contributed by atoms with Crippen LogP contribution in [0, 0.1) is 0 Å². The van der Waals surface area contributed by atoms with Gasteiger partial charge in [0.05, 0.1) is 0 Å². The largest absolute Gasteiger partial charge is 0.481 e. The zero-order valence-electron chi connectivity index (χ0n) is 13.4. The van der Waals surface area contributed by atoms with Crippen LogP contribution >= 0.6 is 36.6 Å². The normalized spacial score (nSPS) is 9.85. The van der Waals surface area contributed by atoms with Gasteiger partial charge in [0.15, 0.2) is 5.76 Å². The number of oxazole rings is 1. The molecule has 0 saturated carbocycles. The van der Waals surface area contributed by atoms with Crippen molar-refractivity contribution in [2.45, 2.75) is 5.22 Å². The Balaban J connectivity index is 0.00000169. The molecule has 6 nitrogen and oxygen atoms in total. The number of hydrogen-bond donors (Lipinski definition) is 3. The Kier molecular flexibility index (Phi) is 7.82. The van der Waals surface area contributed by atoms with E-state index in [-0.39, 0.29) is 30.6 Å². The van der Waals surface area contributed by atoms with Gasteiger partial charge >= 0.3 is 5.97 Å². The van der Waals surface area contributed by atoms with Gasteiger partial charge in [0.25, 0.3) is 5.22 Å². The number of rotatable bonds is 5. The minimum absolute atomic E-state index is 0. The van der Waals surface area contributed by atoms with Crippen LogP contribution in [-0.2, 0) is 4.79 Å². The molecule has 0 fully saturated rings. The lowest BCUT2D eigenvalue weighted by Crippen LogP contribution is -1.97. The molecule has 1 heterocycles. The van der Waals surface area contributed by atoms with Crippen molar-refractivity contribution < 1.29 is 14.3 Å². The van der Waals surface area contributed by atoms with Gasteiger partial charge in [0.2, 0.25) is 0 Å². The first-order valence-electron chi connectivity index (χ1n) is 7.10. The van der Waals surface area contributed by atoms with E-state index in [9.17, 15) is 4.79 Å². The molecule has 0 aliphatic heterocycles. The summed E-state index contributed by atoms with van der Waals surface area (Å²) >= 11 is 1.03. The van der Waals surface area contributed by atoms with Crippen molar-refractivity contribution in [3.05, 3.63) is 48.5 Å². The Hall–Kier alpha value is -2.35. The molecule has 1 aromatic heterocycles. The van der Waals surface area contributed by atoms with Crippen LogP contribution in [0.4, 0.5) is 11.4 Å². The molecule has 0 saturated heterocycles. The van der Waals surface area contributed by atoms with Crippen LogP contribution in [0.15, 0.2) is 58.2 Å². The predicted octanol–water partition coefficient (Wildman–Crippen LogP) is 4.19. The Labute approximate surface area is 166 Å². The zero-order valence-corrected chi connectivity index (χ0v) is 15.9. The van der Waals surface area contributed by atoms with Crippen molar-refractivity contribution in [1.29, 1.82) is 0 Å². The minimum Gasteiger partial charge on any atom is -0.481 e. The molecular formula is C17H17Cl2N3O3S. The van der Waals surface area contributed by atoms with Crippen LogP contribution < -0.4 is 11.5 Å². The second-order valence-corrected chi connectivity index (χ2v) is 6.01. The minimum atomic E-state index is -0.929. The molecular weight excluding hydrogens is 397 g/mol. The topological polar surface area (TPSA) is 115 Å². The van der Waals surface area contributed by atoms with Gasteiger partial charge in [-0.1, -0.05) is 23.9 Å². The molecule has 0 aliphatic rings. The summed E-state index contributed by atoms with van der Waals surface area (Å²) < 4.78 is 5.79. The third-order valence-electron chi connectivity index (χ3n) is 3.28. The summed E-state index contributed by atoms with van der Waals surface area (Å²) in [5, 5.41) is 9.13. The summed E-state index contributed by atoms with van der Waals surface area (Å²) in [6, 6.07) is 14.5. The smallest absolute Gasteiger partial charge is 0.314 e. The number of aliphatic carboxylic acids is 1. The summed E-state index contributed by atoms with van der Waals surface area (Å²) in [6.45, 7) is 0. The number of halogens is 2. The van der Waals surface area contributed by atoms with Gasteiger partial charge in [-0.15, -0.1) is 24.8 Å². The number of anilines is 2. The first-order chi connectivity index (χ1) is 11.5. The van der Waals surface area contributed by atoms with Crippen molar-refractivity contribution in [3.8, 4) is 22.6 Å². The standard InChI is InChI=1S/C17H15N3O3S.2ClH/c18-12-5-1-10(2-6-12)15-16(11-3-7-13(19)8-4-11)23-17(20-15)24-9-14(21)22;;/h1-8H,9,18-19H2,(H,21,22);2*1H. The van der Waals surface area contributed by atoms with E-state index in [0.29, 0.717) is 28.1 Å². The Morgan fingerprint density at radius 1 is 0.962 bits per heavy atom. The summed E-state index contributed by atoms with van der Waals surface area (Å²) in [5.41, 5.74) is 15.0. The number of carbonyl (C=O) groups is 1. The highest BCUT2D eigenvalue weighted by Gasteiger charge is 2.18. The number of nitrogens with zero attached hydrogens (tertiary/aromatic N) is 1. The van der Waals surface area contributed by atoms with E-state index in [4.69, 9.17) is 21.0 Å². The van der Waals surface area contributed by atoms with Gasteiger partial charge < -0.3 is 21.0 Å². The highest BCUT2D eigenvalue weighted by atomic mass is 35.5. The molecule has 26 heavy (non-hydrogen) atoms. The number of benzene rings is 2. The lowest BCUT2D eigenvalue weighted by atomic mass is 10.1. The molecule has 2 aromatic carbocycles. The Bertz CT molecular complexity index is 805. The highest BCUT2D eigenvalue weighted by Crippen LogP contribution is 2.36. The summed E-state index contributed by atoms with van der Waals surface area (Å²) in [6.07, 6.45) is 0. The molecule has 0 unspecified atom stereocenters. The fourth-order valence-electron chi connectivity index (χ4n) is 2.15. The quantitative estimate of drug-likeness (QED) is 0.423. The summed E-state index contributed by atoms with van der Waals surface area (Å²) in [7, 11) is 0. The van der Waals surface area contributed by atoms with Crippen molar-refractivity contribution in [2.75, 3.05) is 17.2 Å². The maximum atomic E-state index is 10.8. The maximum Gasteiger partial charge on any atom is 0.314 e. The van der Waals surface area contributed by atoms with Crippen LogP contribution in [0.1, 0.15) is 0 Å². The molecule has 0 radical (unpaired) electrons. The van der Waals surface area contributed by atoms with E-state index in [0.717, 1.165) is 22.9 Å². The third kappa shape index (κ3) is 5.08. The van der Waals surface area contributed by atoms with E-state index in [2.05, 4.69) is 4.98 Å². The maximum absolute atomic E-state index is 10.8. The SMILES string of the molecule is Cl.Cl.Nc1ccc(-c2nc(SCC(=O)O)oc2-c2ccc(N)cc2)cc1. The molecule has 0 amide bonds. The number of carboxylic acid groups (broad SMARTS) is 1.